The molecule has 0 aliphatic heterocycles. The molecule has 0 heterocycles. The largest absolute Gasteiger partial charge is 0.494 e. The van der Waals surface area contributed by atoms with E-state index in [-0.39, 0.29) is 0 Å². The number of unbranched alkanes of at least 4 members (excludes halogenated alkanes) is 7. The Bertz CT molecular complexity index is 502. The van der Waals surface area contributed by atoms with E-state index in [1.807, 2.05) is 24.3 Å². The predicted octanol–water partition coefficient (Wildman–Crippen LogP) is 8.97. The van der Waals surface area contributed by atoms with Gasteiger partial charge >= 0.3 is 0 Å². The van der Waals surface area contributed by atoms with Gasteiger partial charge < -0.3 is 9.47 Å². The van der Waals surface area contributed by atoms with Gasteiger partial charge in [0.2, 0.25) is 0 Å². The topological polar surface area (TPSA) is 18.5 Å². The average Bonchev–Trinajstić information content (AvgIpc) is 2.78. The summed E-state index contributed by atoms with van der Waals surface area (Å²) < 4.78 is 11.8. The maximum atomic E-state index is 5.96. The van der Waals surface area contributed by atoms with Crippen molar-refractivity contribution in [1.82, 2.24) is 0 Å². The van der Waals surface area contributed by atoms with Gasteiger partial charge in [-0.2, -0.15) is 0 Å². The molecule has 0 N–H and O–H groups in total. The molecule has 0 atom stereocenters. The van der Waals surface area contributed by atoms with E-state index in [2.05, 4.69) is 13.8 Å². The summed E-state index contributed by atoms with van der Waals surface area (Å²) in [7, 11) is 0. The second-order valence-corrected chi connectivity index (χ2v) is 9.46. The Hall–Kier alpha value is -1.18. The summed E-state index contributed by atoms with van der Waals surface area (Å²) in [5.41, 5.74) is 0. The molecule has 0 bridgehead atoms. The Balaban J connectivity index is 1.47. The van der Waals surface area contributed by atoms with Crippen molar-refractivity contribution in [1.29, 1.82) is 0 Å². The molecule has 1 aromatic rings. The highest BCUT2D eigenvalue weighted by molar-refractivity contribution is 5.31. The lowest BCUT2D eigenvalue weighted by Gasteiger charge is -2.28. The first-order chi connectivity index (χ1) is 14.8. The van der Waals surface area contributed by atoms with Crippen LogP contribution in [-0.4, -0.2) is 13.2 Å². The minimum atomic E-state index is 0.821. The zero-order valence-electron chi connectivity index (χ0n) is 20.0. The molecule has 1 aromatic carbocycles. The van der Waals surface area contributed by atoms with Crippen LogP contribution in [0.5, 0.6) is 11.5 Å². The maximum Gasteiger partial charge on any atom is 0.119 e. The van der Waals surface area contributed by atoms with E-state index in [1.165, 1.54) is 96.3 Å². The molecule has 30 heavy (non-hydrogen) atoms. The normalized spacial score (nSPS) is 19.0. The average molecular weight is 417 g/mol. The van der Waals surface area contributed by atoms with Gasteiger partial charge in [0.25, 0.3) is 0 Å². The second kappa shape index (κ2) is 16.5. The first kappa shape index (κ1) is 25.1. The molecule has 1 fully saturated rings. The van der Waals surface area contributed by atoms with Crippen molar-refractivity contribution >= 4 is 0 Å². The molecule has 172 valence electrons. The van der Waals surface area contributed by atoms with Gasteiger partial charge in [0.15, 0.2) is 0 Å². The highest BCUT2D eigenvalue weighted by Crippen LogP contribution is 2.34. The van der Waals surface area contributed by atoms with Crippen LogP contribution in [0.4, 0.5) is 0 Å². The van der Waals surface area contributed by atoms with Crippen molar-refractivity contribution in [2.24, 2.45) is 11.8 Å². The van der Waals surface area contributed by atoms with Crippen molar-refractivity contribution in [2.75, 3.05) is 13.2 Å². The van der Waals surface area contributed by atoms with Crippen molar-refractivity contribution < 1.29 is 9.47 Å². The Morgan fingerprint density at radius 2 is 1.00 bits per heavy atom. The van der Waals surface area contributed by atoms with Crippen LogP contribution in [-0.2, 0) is 0 Å². The van der Waals surface area contributed by atoms with Crippen LogP contribution < -0.4 is 9.47 Å². The van der Waals surface area contributed by atoms with Crippen LogP contribution in [0.25, 0.3) is 0 Å². The SMILES string of the molecule is CCCCCCCC1CCC(CCCOc2ccc(OCCCCCC)cc2)CC1. The van der Waals surface area contributed by atoms with Crippen LogP contribution in [0, 0.1) is 11.8 Å². The summed E-state index contributed by atoms with van der Waals surface area (Å²) in [6.07, 6.45) is 22.0. The van der Waals surface area contributed by atoms with Crippen LogP contribution in [0.3, 0.4) is 0 Å². The van der Waals surface area contributed by atoms with E-state index in [4.69, 9.17) is 9.47 Å². The molecule has 2 nitrogen and oxygen atoms in total. The fourth-order valence-electron chi connectivity index (χ4n) is 4.76. The minimum absolute atomic E-state index is 0.821. The smallest absolute Gasteiger partial charge is 0.119 e. The molecule has 2 heteroatoms. The first-order valence-electron chi connectivity index (χ1n) is 13.2. The number of ether oxygens (including phenoxy) is 2. The van der Waals surface area contributed by atoms with E-state index < -0.39 is 0 Å². The standard InChI is InChI=1S/C28H48O2/c1-3-5-7-9-10-13-25-15-17-26(18-16-25)14-12-24-30-28-21-19-27(20-22-28)29-23-11-8-6-4-2/h19-22,25-26H,3-18,23-24H2,1-2H3. The number of hydrogen-bond acceptors (Lipinski definition) is 2. The fourth-order valence-corrected chi connectivity index (χ4v) is 4.76. The van der Waals surface area contributed by atoms with Gasteiger partial charge in [0.05, 0.1) is 13.2 Å². The Morgan fingerprint density at radius 1 is 0.567 bits per heavy atom. The highest BCUT2D eigenvalue weighted by Gasteiger charge is 2.20. The van der Waals surface area contributed by atoms with E-state index >= 15 is 0 Å². The van der Waals surface area contributed by atoms with Crippen LogP contribution in [0.2, 0.25) is 0 Å². The van der Waals surface area contributed by atoms with Gasteiger partial charge in [-0.25, -0.2) is 0 Å². The van der Waals surface area contributed by atoms with Crippen LogP contribution in [0.1, 0.15) is 117 Å². The van der Waals surface area contributed by atoms with Crippen molar-refractivity contribution in [3.05, 3.63) is 24.3 Å². The highest BCUT2D eigenvalue weighted by atomic mass is 16.5. The molecule has 0 radical (unpaired) electrons. The van der Waals surface area contributed by atoms with Gasteiger partial charge in [0.1, 0.15) is 11.5 Å². The summed E-state index contributed by atoms with van der Waals surface area (Å²) >= 11 is 0. The molecule has 1 saturated carbocycles. The second-order valence-electron chi connectivity index (χ2n) is 9.46. The molecule has 1 aliphatic carbocycles. The molecule has 0 aromatic heterocycles. The van der Waals surface area contributed by atoms with Gasteiger partial charge in [-0.1, -0.05) is 97.3 Å². The molecule has 0 unspecified atom stereocenters. The van der Waals surface area contributed by atoms with Gasteiger partial charge in [-0.3, -0.25) is 0 Å². The monoisotopic (exact) mass is 416 g/mol. The lowest BCUT2D eigenvalue weighted by molar-refractivity contribution is 0.228. The lowest BCUT2D eigenvalue weighted by atomic mass is 9.78. The molecule has 0 saturated heterocycles. The predicted molar refractivity (Wildman–Crippen MR) is 130 cm³/mol. The van der Waals surface area contributed by atoms with Crippen molar-refractivity contribution in [3.8, 4) is 11.5 Å². The molecule has 0 spiro atoms. The number of hydrogen-bond donors (Lipinski definition) is 0. The molecule has 2 rings (SSSR count). The van der Waals surface area contributed by atoms with Gasteiger partial charge in [-0.05, 0) is 55.4 Å². The van der Waals surface area contributed by atoms with Crippen molar-refractivity contribution in [2.45, 2.75) is 117 Å². The van der Waals surface area contributed by atoms with E-state index in [0.29, 0.717) is 0 Å². The third kappa shape index (κ3) is 11.3. The van der Waals surface area contributed by atoms with Crippen molar-refractivity contribution in [3.63, 3.8) is 0 Å². The number of rotatable bonds is 17. The first-order valence-corrected chi connectivity index (χ1v) is 13.2. The summed E-state index contributed by atoms with van der Waals surface area (Å²) in [6.45, 7) is 6.20. The zero-order valence-corrected chi connectivity index (χ0v) is 20.0. The van der Waals surface area contributed by atoms with E-state index in [0.717, 1.165) is 43.0 Å². The van der Waals surface area contributed by atoms with Crippen LogP contribution >= 0.6 is 0 Å². The minimum Gasteiger partial charge on any atom is -0.494 e. The van der Waals surface area contributed by atoms with Gasteiger partial charge in [0, 0.05) is 0 Å². The summed E-state index contributed by atoms with van der Waals surface area (Å²) in [5, 5.41) is 0. The van der Waals surface area contributed by atoms with Crippen LogP contribution in [0.15, 0.2) is 24.3 Å². The van der Waals surface area contributed by atoms with Gasteiger partial charge in [-0.15, -0.1) is 0 Å². The molecule has 0 amide bonds. The Morgan fingerprint density at radius 3 is 1.53 bits per heavy atom. The summed E-state index contributed by atoms with van der Waals surface area (Å²) in [4.78, 5) is 0. The van der Waals surface area contributed by atoms with E-state index in [9.17, 15) is 0 Å². The third-order valence-corrected chi connectivity index (χ3v) is 6.80. The fraction of sp³-hybridized carbons (Fsp3) is 0.786. The Kier molecular flexibility index (Phi) is 13.8. The summed E-state index contributed by atoms with van der Waals surface area (Å²) in [6, 6.07) is 8.18. The molecule has 1 aliphatic rings. The molecular weight excluding hydrogens is 368 g/mol. The lowest BCUT2D eigenvalue weighted by Crippen LogP contribution is -2.15. The maximum absolute atomic E-state index is 5.96. The van der Waals surface area contributed by atoms with E-state index in [1.54, 1.807) is 0 Å². The Labute approximate surface area is 187 Å². The third-order valence-electron chi connectivity index (χ3n) is 6.80. The number of benzene rings is 1. The summed E-state index contributed by atoms with van der Waals surface area (Å²) in [5.74, 6) is 3.89. The zero-order chi connectivity index (χ0) is 21.3. The molecular formula is C28H48O2. The quantitative estimate of drug-likeness (QED) is 0.236.